The topological polar surface area (TPSA) is 38.0 Å². The third-order valence-corrected chi connectivity index (χ3v) is 3.72. The lowest BCUT2D eigenvalue weighted by atomic mass is 9.70. The molecule has 1 saturated carbocycles. The molecule has 2 aliphatic rings. The van der Waals surface area contributed by atoms with Gasteiger partial charge in [-0.25, -0.2) is 0 Å². The molecular formula is C12H22N2. The molecule has 2 rings (SSSR count). The van der Waals surface area contributed by atoms with Crippen molar-refractivity contribution in [3.63, 3.8) is 0 Å². The maximum absolute atomic E-state index is 5.81. The monoisotopic (exact) mass is 194 g/mol. The first-order valence-corrected chi connectivity index (χ1v) is 5.83. The van der Waals surface area contributed by atoms with Crippen LogP contribution in [0, 0.1) is 11.3 Å². The van der Waals surface area contributed by atoms with Crippen molar-refractivity contribution in [1.82, 2.24) is 5.32 Å². The highest BCUT2D eigenvalue weighted by Gasteiger charge is 2.31. The van der Waals surface area contributed by atoms with Gasteiger partial charge >= 0.3 is 0 Å². The summed E-state index contributed by atoms with van der Waals surface area (Å²) in [7, 11) is 0. The molecule has 2 heteroatoms. The van der Waals surface area contributed by atoms with Gasteiger partial charge in [0.25, 0.3) is 0 Å². The molecule has 2 unspecified atom stereocenters. The summed E-state index contributed by atoms with van der Waals surface area (Å²) in [4.78, 5) is 0. The Bertz CT molecular complexity index is 218. The molecule has 80 valence electrons. The minimum atomic E-state index is 0.307. The highest BCUT2D eigenvalue weighted by atomic mass is 14.9. The molecule has 0 bridgehead atoms. The molecule has 0 aromatic rings. The summed E-state index contributed by atoms with van der Waals surface area (Å²) in [5.74, 6) is 0.675. The zero-order valence-corrected chi connectivity index (χ0v) is 9.13. The van der Waals surface area contributed by atoms with E-state index in [9.17, 15) is 0 Å². The first-order chi connectivity index (χ1) is 6.68. The molecule has 14 heavy (non-hydrogen) atoms. The van der Waals surface area contributed by atoms with Crippen molar-refractivity contribution < 1.29 is 0 Å². The lowest BCUT2D eigenvalue weighted by Gasteiger charge is -2.38. The quantitative estimate of drug-likeness (QED) is 0.668. The zero-order chi connectivity index (χ0) is 10.0. The predicted octanol–water partition coefficient (Wildman–Crippen LogP) is 1.67. The molecule has 0 radical (unpaired) electrons. The van der Waals surface area contributed by atoms with Crippen LogP contribution < -0.4 is 11.1 Å². The summed E-state index contributed by atoms with van der Waals surface area (Å²) in [5.41, 5.74) is 6.41. The highest BCUT2D eigenvalue weighted by Crippen LogP contribution is 2.39. The third kappa shape index (κ3) is 2.37. The molecule has 2 atom stereocenters. The van der Waals surface area contributed by atoms with Crippen LogP contribution in [0.5, 0.6) is 0 Å². The summed E-state index contributed by atoms with van der Waals surface area (Å²) < 4.78 is 0. The second-order valence-electron chi connectivity index (χ2n) is 5.34. The van der Waals surface area contributed by atoms with Crippen molar-refractivity contribution in [2.24, 2.45) is 17.1 Å². The minimum Gasteiger partial charge on any atom is -0.324 e. The van der Waals surface area contributed by atoms with Gasteiger partial charge in [0.1, 0.15) is 0 Å². The number of hydrogen-bond acceptors (Lipinski definition) is 2. The molecule has 3 N–H and O–H groups in total. The molecule has 0 heterocycles. The predicted molar refractivity (Wildman–Crippen MR) is 60.1 cm³/mol. The Morgan fingerprint density at radius 3 is 2.71 bits per heavy atom. The van der Waals surface area contributed by atoms with Gasteiger partial charge in [-0.3, -0.25) is 0 Å². The van der Waals surface area contributed by atoms with Crippen LogP contribution in [0.1, 0.15) is 32.6 Å². The van der Waals surface area contributed by atoms with Crippen molar-refractivity contribution in [1.29, 1.82) is 0 Å². The fourth-order valence-electron chi connectivity index (χ4n) is 2.47. The second-order valence-corrected chi connectivity index (χ2v) is 5.34. The largest absolute Gasteiger partial charge is 0.324 e. The van der Waals surface area contributed by atoms with Crippen molar-refractivity contribution in [2.75, 3.05) is 13.1 Å². The van der Waals surface area contributed by atoms with Crippen LogP contribution in [-0.4, -0.2) is 19.1 Å². The normalized spacial score (nSPS) is 34.4. The van der Waals surface area contributed by atoms with Gasteiger partial charge in [0.2, 0.25) is 0 Å². The number of nitrogens with two attached hydrogens (primary N) is 1. The van der Waals surface area contributed by atoms with Gasteiger partial charge in [0, 0.05) is 19.1 Å². The fraction of sp³-hybridized carbons (Fsp3) is 0.833. The van der Waals surface area contributed by atoms with Crippen LogP contribution >= 0.6 is 0 Å². The van der Waals surface area contributed by atoms with Crippen molar-refractivity contribution in [3.8, 4) is 0 Å². The Hall–Kier alpha value is -0.340. The van der Waals surface area contributed by atoms with Crippen LogP contribution in [0.2, 0.25) is 0 Å². The summed E-state index contributed by atoms with van der Waals surface area (Å²) >= 11 is 0. The Kier molecular flexibility index (Phi) is 2.93. The summed E-state index contributed by atoms with van der Waals surface area (Å²) in [5, 5.41) is 3.58. The van der Waals surface area contributed by atoms with E-state index < -0.39 is 0 Å². The van der Waals surface area contributed by atoms with Crippen molar-refractivity contribution in [3.05, 3.63) is 12.2 Å². The van der Waals surface area contributed by atoms with E-state index in [0.29, 0.717) is 17.4 Å². The van der Waals surface area contributed by atoms with E-state index in [0.717, 1.165) is 13.0 Å². The third-order valence-electron chi connectivity index (χ3n) is 3.72. The van der Waals surface area contributed by atoms with Gasteiger partial charge in [0.15, 0.2) is 0 Å². The van der Waals surface area contributed by atoms with Crippen molar-refractivity contribution >= 4 is 0 Å². The van der Waals surface area contributed by atoms with Gasteiger partial charge in [-0.1, -0.05) is 25.5 Å². The number of nitrogens with one attached hydrogen (secondary N) is 1. The molecule has 2 aliphatic carbocycles. The Balaban J connectivity index is 1.61. The van der Waals surface area contributed by atoms with Crippen LogP contribution in [0.15, 0.2) is 12.2 Å². The lowest BCUT2D eigenvalue weighted by Crippen LogP contribution is -2.38. The molecule has 2 nitrogen and oxygen atoms in total. The first-order valence-electron chi connectivity index (χ1n) is 5.83. The van der Waals surface area contributed by atoms with E-state index in [1.165, 1.54) is 25.8 Å². The number of hydrogen-bond donors (Lipinski definition) is 2. The molecule has 0 spiro atoms. The van der Waals surface area contributed by atoms with Gasteiger partial charge < -0.3 is 11.1 Å². The van der Waals surface area contributed by atoms with Crippen molar-refractivity contribution in [2.45, 2.75) is 38.6 Å². The van der Waals surface area contributed by atoms with E-state index in [2.05, 4.69) is 24.4 Å². The molecule has 1 fully saturated rings. The minimum absolute atomic E-state index is 0.307. The summed E-state index contributed by atoms with van der Waals surface area (Å²) in [6.45, 7) is 4.69. The highest BCUT2D eigenvalue weighted by molar-refractivity contribution is 5.05. The molecule has 0 amide bonds. The molecule has 0 aromatic carbocycles. The van der Waals surface area contributed by atoms with Crippen LogP contribution in [0.3, 0.4) is 0 Å². The molecule has 0 aliphatic heterocycles. The standard InChI is InChI=1S/C12H22N2/c1-12(5-2-6-12)9-14-8-10-3-4-11(13)7-10/h3-4,10-11,14H,2,5-9,13H2,1H3. The van der Waals surface area contributed by atoms with Crippen LogP contribution in [0.4, 0.5) is 0 Å². The van der Waals surface area contributed by atoms with Gasteiger partial charge in [-0.15, -0.1) is 0 Å². The smallest absolute Gasteiger partial charge is 0.0229 e. The first kappa shape index (κ1) is 10.2. The van der Waals surface area contributed by atoms with Crippen LogP contribution in [0.25, 0.3) is 0 Å². The van der Waals surface area contributed by atoms with E-state index in [4.69, 9.17) is 5.73 Å². The fourth-order valence-corrected chi connectivity index (χ4v) is 2.47. The lowest BCUT2D eigenvalue weighted by molar-refractivity contribution is 0.155. The summed E-state index contributed by atoms with van der Waals surface area (Å²) in [6, 6.07) is 0.307. The summed E-state index contributed by atoms with van der Waals surface area (Å²) in [6.07, 6.45) is 9.76. The van der Waals surface area contributed by atoms with E-state index in [-0.39, 0.29) is 0 Å². The SMILES string of the molecule is CC1(CNCC2C=CC(N)C2)CCC1. The van der Waals surface area contributed by atoms with Gasteiger partial charge in [-0.05, 0) is 30.6 Å². The number of rotatable bonds is 4. The average Bonchev–Trinajstić information content (AvgIpc) is 2.49. The van der Waals surface area contributed by atoms with E-state index in [1.54, 1.807) is 0 Å². The maximum atomic E-state index is 5.81. The maximum Gasteiger partial charge on any atom is 0.0229 e. The Labute approximate surface area is 86.9 Å². The Morgan fingerprint density at radius 2 is 2.21 bits per heavy atom. The molecule has 0 saturated heterocycles. The molecular weight excluding hydrogens is 172 g/mol. The molecule has 0 aromatic heterocycles. The second kappa shape index (κ2) is 4.03. The Morgan fingerprint density at radius 1 is 1.43 bits per heavy atom. The average molecular weight is 194 g/mol. The van der Waals surface area contributed by atoms with E-state index in [1.807, 2.05) is 0 Å². The van der Waals surface area contributed by atoms with Gasteiger partial charge in [-0.2, -0.15) is 0 Å². The zero-order valence-electron chi connectivity index (χ0n) is 9.13. The van der Waals surface area contributed by atoms with Gasteiger partial charge in [0.05, 0.1) is 0 Å². The van der Waals surface area contributed by atoms with Crippen LogP contribution in [-0.2, 0) is 0 Å². The van der Waals surface area contributed by atoms with E-state index >= 15 is 0 Å².